The third-order valence-corrected chi connectivity index (χ3v) is 12.4. The number of amides is 2. The molecule has 1 aliphatic rings. The molecule has 0 unspecified atom stereocenters. The van der Waals surface area contributed by atoms with Crippen LogP contribution in [0.25, 0.3) is 82.8 Å². The van der Waals surface area contributed by atoms with Crippen LogP contribution in [0, 0.1) is 0 Å². The Balaban J connectivity index is 0.911. The van der Waals surface area contributed by atoms with E-state index in [9.17, 15) is 9.59 Å². The number of carbonyl (C=O) groups is 2. The Morgan fingerprint density at radius 3 is 1.56 bits per heavy atom. The SMILES string of the molecule is O=C1C=CC(=O)N1c1ccc(-c2ccc(N(c3ccc(-c4ccc5c(c4)c4ccccc4n5-c4ccccc4)cc3)c3ccc(-c4cccc5c4oc4ccccc45)cc3)cc2)cc1. The highest BCUT2D eigenvalue weighted by atomic mass is 16.3. The van der Waals surface area contributed by atoms with Gasteiger partial charge in [-0.15, -0.1) is 0 Å². The van der Waals surface area contributed by atoms with Crippen molar-refractivity contribution in [1.29, 1.82) is 0 Å². The van der Waals surface area contributed by atoms with Crippen molar-refractivity contribution in [2.75, 3.05) is 9.80 Å². The summed E-state index contributed by atoms with van der Waals surface area (Å²) in [7, 11) is 0. The van der Waals surface area contributed by atoms with Crippen LogP contribution in [0.1, 0.15) is 0 Å². The van der Waals surface area contributed by atoms with Gasteiger partial charge in [-0.3, -0.25) is 9.59 Å². The zero-order valence-corrected chi connectivity index (χ0v) is 34.4. The van der Waals surface area contributed by atoms with Crippen LogP contribution in [0.3, 0.4) is 0 Å². The molecule has 3 heterocycles. The Kier molecular flexibility index (Phi) is 8.69. The van der Waals surface area contributed by atoms with E-state index < -0.39 is 0 Å². The quantitative estimate of drug-likeness (QED) is 0.143. The molecular weight excluding hydrogens is 787 g/mol. The van der Waals surface area contributed by atoms with E-state index >= 15 is 0 Å². The van der Waals surface area contributed by atoms with Crippen molar-refractivity contribution in [2.24, 2.45) is 0 Å². The molecule has 302 valence electrons. The standard InChI is InChI=1S/C58H37N3O3/c62-56-35-36-57(63)61(56)47-30-19-39(20-31-47)38-17-26-44(27-18-38)59(46-32-23-41(24-33-46)48-13-8-14-51-50-12-5-7-16-55(50)64-58(48)51)45-28-21-40(22-29-45)42-25-34-54-52(37-42)49-11-4-6-15-53(49)60(54)43-9-2-1-3-10-43/h1-37H. The number of imide groups is 1. The van der Waals surface area contributed by atoms with E-state index in [2.05, 4.69) is 179 Å². The van der Waals surface area contributed by atoms with Crippen LogP contribution in [0.5, 0.6) is 0 Å². The minimum atomic E-state index is -0.330. The predicted molar refractivity (Wildman–Crippen MR) is 261 cm³/mol. The van der Waals surface area contributed by atoms with E-state index in [1.165, 1.54) is 38.9 Å². The second-order valence-electron chi connectivity index (χ2n) is 16.1. The van der Waals surface area contributed by atoms with Crippen LogP contribution in [0.2, 0.25) is 0 Å². The number of hydrogen-bond acceptors (Lipinski definition) is 4. The van der Waals surface area contributed by atoms with E-state index in [0.29, 0.717) is 5.69 Å². The van der Waals surface area contributed by atoms with Gasteiger partial charge in [-0.2, -0.15) is 0 Å². The zero-order chi connectivity index (χ0) is 42.7. The topological polar surface area (TPSA) is 58.7 Å². The van der Waals surface area contributed by atoms with Gasteiger partial charge in [0, 0.05) is 62.0 Å². The van der Waals surface area contributed by atoms with Gasteiger partial charge in [0.1, 0.15) is 11.2 Å². The van der Waals surface area contributed by atoms with Gasteiger partial charge in [-0.05, 0) is 113 Å². The fraction of sp³-hybridized carbons (Fsp3) is 0. The lowest BCUT2D eigenvalue weighted by Gasteiger charge is -2.26. The molecule has 0 saturated heterocycles. The van der Waals surface area contributed by atoms with Crippen molar-refractivity contribution in [3.8, 4) is 39.1 Å². The fourth-order valence-electron chi connectivity index (χ4n) is 9.28. The number of carbonyl (C=O) groups excluding carboxylic acids is 2. The molecule has 0 radical (unpaired) electrons. The summed E-state index contributed by atoms with van der Waals surface area (Å²) >= 11 is 0. The number of hydrogen-bond donors (Lipinski definition) is 0. The number of aromatic nitrogens is 1. The maximum absolute atomic E-state index is 12.3. The normalized spacial score (nSPS) is 12.7. The first-order chi connectivity index (χ1) is 31.6. The smallest absolute Gasteiger partial charge is 0.258 e. The van der Waals surface area contributed by atoms with Crippen LogP contribution in [-0.4, -0.2) is 16.4 Å². The number of rotatable bonds is 8. The summed E-state index contributed by atoms with van der Waals surface area (Å²) in [6, 6.07) is 73.9. The van der Waals surface area contributed by atoms with Crippen LogP contribution in [-0.2, 0) is 9.59 Å². The van der Waals surface area contributed by atoms with E-state index in [1.54, 1.807) is 0 Å². The van der Waals surface area contributed by atoms with E-state index in [-0.39, 0.29) is 11.8 Å². The summed E-state index contributed by atoms with van der Waals surface area (Å²) in [4.78, 5) is 28.0. The number of nitrogens with zero attached hydrogens (tertiary/aromatic N) is 3. The van der Waals surface area contributed by atoms with Crippen molar-refractivity contribution in [3.05, 3.63) is 224 Å². The molecule has 6 nitrogen and oxygen atoms in total. The molecule has 2 amide bonds. The molecule has 9 aromatic carbocycles. The average molecular weight is 824 g/mol. The summed E-state index contributed by atoms with van der Waals surface area (Å²) in [6.45, 7) is 0. The highest BCUT2D eigenvalue weighted by Gasteiger charge is 2.25. The fourth-order valence-corrected chi connectivity index (χ4v) is 9.28. The number of fused-ring (bicyclic) bond motifs is 6. The molecule has 11 aromatic rings. The van der Waals surface area contributed by atoms with Crippen molar-refractivity contribution >= 4 is 78.3 Å². The molecule has 12 rings (SSSR count). The highest BCUT2D eigenvalue weighted by molar-refractivity contribution is 6.28. The minimum Gasteiger partial charge on any atom is -0.455 e. The monoisotopic (exact) mass is 823 g/mol. The molecule has 0 bridgehead atoms. The highest BCUT2D eigenvalue weighted by Crippen LogP contribution is 2.41. The molecular formula is C58H37N3O3. The molecule has 2 aromatic heterocycles. The third-order valence-electron chi connectivity index (χ3n) is 12.4. The number of furan rings is 1. The van der Waals surface area contributed by atoms with Gasteiger partial charge >= 0.3 is 0 Å². The van der Waals surface area contributed by atoms with Crippen molar-refractivity contribution in [2.45, 2.75) is 0 Å². The van der Waals surface area contributed by atoms with Gasteiger partial charge in [-0.1, -0.05) is 127 Å². The maximum atomic E-state index is 12.3. The zero-order valence-electron chi connectivity index (χ0n) is 34.4. The molecule has 0 spiro atoms. The predicted octanol–water partition coefficient (Wildman–Crippen LogP) is 14.6. The first-order valence-corrected chi connectivity index (χ1v) is 21.3. The second kappa shape index (κ2) is 15.0. The summed E-state index contributed by atoms with van der Waals surface area (Å²) < 4.78 is 8.75. The summed E-state index contributed by atoms with van der Waals surface area (Å²) in [5.41, 5.74) is 15.2. The van der Waals surface area contributed by atoms with E-state index in [1.807, 2.05) is 42.5 Å². The summed E-state index contributed by atoms with van der Waals surface area (Å²) in [6.07, 6.45) is 2.60. The van der Waals surface area contributed by atoms with Gasteiger partial charge < -0.3 is 13.9 Å². The lowest BCUT2D eigenvalue weighted by molar-refractivity contribution is -0.119. The molecule has 0 atom stereocenters. The largest absolute Gasteiger partial charge is 0.455 e. The molecule has 0 N–H and O–H groups in total. The van der Waals surface area contributed by atoms with Crippen molar-refractivity contribution in [3.63, 3.8) is 0 Å². The molecule has 0 aliphatic carbocycles. The lowest BCUT2D eigenvalue weighted by atomic mass is 10.0. The Morgan fingerprint density at radius 2 is 0.891 bits per heavy atom. The van der Waals surface area contributed by atoms with Crippen molar-refractivity contribution in [1.82, 2.24) is 4.57 Å². The van der Waals surface area contributed by atoms with E-state index in [4.69, 9.17) is 4.42 Å². The molecule has 0 fully saturated rings. The molecule has 6 heteroatoms. The maximum Gasteiger partial charge on any atom is 0.258 e. The Morgan fingerprint density at radius 1 is 0.375 bits per heavy atom. The van der Waals surface area contributed by atoms with E-state index in [0.717, 1.165) is 78.1 Å². The second-order valence-corrected chi connectivity index (χ2v) is 16.1. The minimum absolute atomic E-state index is 0.330. The Labute approximate surface area is 368 Å². The van der Waals surface area contributed by atoms with Gasteiger partial charge in [-0.25, -0.2) is 4.90 Å². The average Bonchev–Trinajstić information content (AvgIpc) is 4.02. The van der Waals surface area contributed by atoms with Crippen LogP contribution in [0.4, 0.5) is 22.7 Å². The van der Waals surface area contributed by atoms with Crippen LogP contribution >= 0.6 is 0 Å². The molecule has 0 saturated carbocycles. The van der Waals surface area contributed by atoms with Crippen LogP contribution in [0.15, 0.2) is 229 Å². The first kappa shape index (κ1) is 37.1. The molecule has 1 aliphatic heterocycles. The first-order valence-electron chi connectivity index (χ1n) is 21.3. The lowest BCUT2D eigenvalue weighted by Crippen LogP contribution is -2.29. The van der Waals surface area contributed by atoms with Gasteiger partial charge in [0.25, 0.3) is 11.8 Å². The number of benzene rings is 9. The number of anilines is 4. The Bertz CT molecular complexity index is 3600. The molecule has 64 heavy (non-hydrogen) atoms. The van der Waals surface area contributed by atoms with Gasteiger partial charge in [0.2, 0.25) is 0 Å². The summed E-state index contributed by atoms with van der Waals surface area (Å²) in [5.74, 6) is -0.661. The summed E-state index contributed by atoms with van der Waals surface area (Å²) in [5, 5.41) is 4.65. The van der Waals surface area contributed by atoms with Crippen molar-refractivity contribution < 1.29 is 14.0 Å². The third kappa shape index (κ3) is 6.19. The Hall–Kier alpha value is -8.74. The van der Waals surface area contributed by atoms with Crippen LogP contribution < -0.4 is 9.80 Å². The number of para-hydroxylation sites is 4. The van der Waals surface area contributed by atoms with Gasteiger partial charge in [0.15, 0.2) is 0 Å². The van der Waals surface area contributed by atoms with Gasteiger partial charge in [0.05, 0.1) is 16.7 Å².